The molecule has 6 heteroatoms. The molecule has 0 atom stereocenters. The van der Waals surface area contributed by atoms with Crippen LogP contribution in [0.5, 0.6) is 0 Å². The third-order valence-electron chi connectivity index (χ3n) is 3.04. The fourth-order valence-corrected chi connectivity index (χ4v) is 1.98. The molecule has 1 heterocycles. The zero-order valence-corrected chi connectivity index (χ0v) is 11.5. The topological polar surface area (TPSA) is 38.1 Å². The summed E-state index contributed by atoms with van der Waals surface area (Å²) in [7, 11) is 3.41. The monoisotopic (exact) mass is 279 g/mol. The van der Waals surface area contributed by atoms with Crippen LogP contribution in [-0.2, 0) is 13.6 Å². The van der Waals surface area contributed by atoms with E-state index in [0.717, 1.165) is 23.4 Å². The number of carbonyl (C=O) groups is 1. The Hall–Kier alpha value is -2.24. The van der Waals surface area contributed by atoms with Crippen molar-refractivity contribution in [3.63, 3.8) is 0 Å². The standard InChI is InChI=1S/C14H15F2N3O/c1-9-11(8-19(3)17-9)7-18(2)14(20)10-4-5-12(15)13(16)6-10/h4-6,8H,7H2,1-3H3. The molecule has 0 unspecified atom stereocenters. The molecule has 0 radical (unpaired) electrons. The minimum atomic E-state index is -1.03. The number of rotatable bonds is 3. The number of aryl methyl sites for hydroxylation is 2. The highest BCUT2D eigenvalue weighted by Gasteiger charge is 2.16. The Morgan fingerprint density at radius 3 is 2.60 bits per heavy atom. The van der Waals surface area contributed by atoms with Crippen LogP contribution in [0.15, 0.2) is 24.4 Å². The van der Waals surface area contributed by atoms with Gasteiger partial charge in [0.1, 0.15) is 0 Å². The fraction of sp³-hybridized carbons (Fsp3) is 0.286. The van der Waals surface area contributed by atoms with Gasteiger partial charge in [0.25, 0.3) is 5.91 Å². The lowest BCUT2D eigenvalue weighted by molar-refractivity contribution is 0.0784. The van der Waals surface area contributed by atoms with Crippen LogP contribution in [0.2, 0.25) is 0 Å². The highest BCUT2D eigenvalue weighted by atomic mass is 19.2. The van der Waals surface area contributed by atoms with E-state index in [1.165, 1.54) is 11.0 Å². The summed E-state index contributed by atoms with van der Waals surface area (Å²) < 4.78 is 27.7. The van der Waals surface area contributed by atoms with Gasteiger partial charge in [0.05, 0.1) is 5.69 Å². The molecule has 0 aliphatic carbocycles. The number of nitrogens with zero attached hydrogens (tertiary/aromatic N) is 3. The maximum atomic E-state index is 13.1. The third-order valence-corrected chi connectivity index (χ3v) is 3.04. The van der Waals surface area contributed by atoms with E-state index >= 15 is 0 Å². The Balaban J connectivity index is 2.16. The van der Waals surface area contributed by atoms with E-state index < -0.39 is 11.6 Å². The van der Waals surface area contributed by atoms with Crippen molar-refractivity contribution in [2.75, 3.05) is 7.05 Å². The van der Waals surface area contributed by atoms with E-state index in [-0.39, 0.29) is 11.5 Å². The van der Waals surface area contributed by atoms with Gasteiger partial charge in [-0.05, 0) is 25.1 Å². The van der Waals surface area contributed by atoms with Crippen molar-refractivity contribution in [2.45, 2.75) is 13.5 Å². The third kappa shape index (κ3) is 2.84. The molecule has 0 spiro atoms. The van der Waals surface area contributed by atoms with Gasteiger partial charge in [0.2, 0.25) is 0 Å². The zero-order chi connectivity index (χ0) is 14.9. The van der Waals surface area contributed by atoms with E-state index in [2.05, 4.69) is 5.10 Å². The maximum absolute atomic E-state index is 13.1. The minimum Gasteiger partial charge on any atom is -0.337 e. The Labute approximate surface area is 115 Å². The second-order valence-electron chi connectivity index (χ2n) is 4.70. The highest BCUT2D eigenvalue weighted by Crippen LogP contribution is 2.13. The average Bonchev–Trinajstić information content (AvgIpc) is 2.70. The Morgan fingerprint density at radius 2 is 2.05 bits per heavy atom. The molecule has 2 aromatic rings. The number of hydrogen-bond donors (Lipinski definition) is 0. The van der Waals surface area contributed by atoms with Gasteiger partial charge in [-0.15, -0.1) is 0 Å². The van der Waals surface area contributed by atoms with Gasteiger partial charge in [-0.3, -0.25) is 9.48 Å². The second kappa shape index (κ2) is 5.40. The molecule has 0 aliphatic rings. The molecule has 0 aliphatic heterocycles. The van der Waals surface area contributed by atoms with Crippen molar-refractivity contribution >= 4 is 5.91 Å². The summed E-state index contributed by atoms with van der Waals surface area (Å²) in [5.41, 5.74) is 1.86. The molecule has 1 amide bonds. The largest absolute Gasteiger partial charge is 0.337 e. The zero-order valence-electron chi connectivity index (χ0n) is 11.5. The summed E-state index contributed by atoms with van der Waals surface area (Å²) in [6.45, 7) is 2.21. The number of hydrogen-bond acceptors (Lipinski definition) is 2. The van der Waals surface area contributed by atoms with E-state index in [0.29, 0.717) is 6.54 Å². The summed E-state index contributed by atoms with van der Waals surface area (Å²) >= 11 is 0. The van der Waals surface area contributed by atoms with E-state index in [4.69, 9.17) is 0 Å². The molecule has 20 heavy (non-hydrogen) atoms. The molecular formula is C14H15F2N3O. The summed E-state index contributed by atoms with van der Waals surface area (Å²) in [5.74, 6) is -2.36. The van der Waals surface area contributed by atoms with Crippen LogP contribution in [0.4, 0.5) is 8.78 Å². The van der Waals surface area contributed by atoms with E-state index in [1.54, 1.807) is 18.8 Å². The summed E-state index contributed by atoms with van der Waals surface area (Å²) in [6, 6.07) is 3.13. The number of halogens is 2. The first kappa shape index (κ1) is 14.2. The molecule has 0 saturated heterocycles. The van der Waals surface area contributed by atoms with Crippen molar-refractivity contribution < 1.29 is 13.6 Å². The molecule has 0 fully saturated rings. The normalized spacial score (nSPS) is 10.7. The molecular weight excluding hydrogens is 264 g/mol. The van der Waals surface area contributed by atoms with Crippen LogP contribution in [0, 0.1) is 18.6 Å². The number of amides is 1. The lowest BCUT2D eigenvalue weighted by Gasteiger charge is -2.16. The van der Waals surface area contributed by atoms with Gasteiger partial charge < -0.3 is 4.90 Å². The van der Waals surface area contributed by atoms with Gasteiger partial charge >= 0.3 is 0 Å². The van der Waals surface area contributed by atoms with Crippen molar-refractivity contribution in [1.29, 1.82) is 0 Å². The van der Waals surface area contributed by atoms with Gasteiger partial charge in [-0.25, -0.2) is 8.78 Å². The van der Waals surface area contributed by atoms with Gasteiger partial charge in [0.15, 0.2) is 11.6 Å². The SMILES string of the molecule is Cc1nn(C)cc1CN(C)C(=O)c1ccc(F)c(F)c1. The van der Waals surface area contributed by atoms with E-state index in [9.17, 15) is 13.6 Å². The molecule has 2 rings (SSSR count). The Morgan fingerprint density at radius 1 is 1.35 bits per heavy atom. The summed E-state index contributed by atoms with van der Waals surface area (Å²) in [5, 5.41) is 4.19. The molecule has 1 aromatic heterocycles. The molecule has 0 N–H and O–H groups in total. The van der Waals surface area contributed by atoms with Crippen molar-refractivity contribution in [3.05, 3.63) is 52.9 Å². The predicted molar refractivity (Wildman–Crippen MR) is 70.1 cm³/mol. The Kier molecular flexibility index (Phi) is 3.83. The average molecular weight is 279 g/mol. The fourth-order valence-electron chi connectivity index (χ4n) is 1.98. The highest BCUT2D eigenvalue weighted by molar-refractivity contribution is 5.94. The van der Waals surface area contributed by atoms with Crippen LogP contribution >= 0.6 is 0 Å². The smallest absolute Gasteiger partial charge is 0.254 e. The predicted octanol–water partition coefficient (Wildman–Crippen LogP) is 2.28. The maximum Gasteiger partial charge on any atom is 0.254 e. The second-order valence-corrected chi connectivity index (χ2v) is 4.70. The minimum absolute atomic E-state index is 0.118. The van der Waals surface area contributed by atoms with Crippen molar-refractivity contribution in [1.82, 2.24) is 14.7 Å². The summed E-state index contributed by atoms with van der Waals surface area (Å²) in [4.78, 5) is 13.6. The van der Waals surface area contributed by atoms with Crippen LogP contribution < -0.4 is 0 Å². The van der Waals surface area contributed by atoms with Crippen LogP contribution in [0.3, 0.4) is 0 Å². The number of aromatic nitrogens is 2. The first-order valence-corrected chi connectivity index (χ1v) is 6.08. The molecule has 0 saturated carbocycles. The molecule has 106 valence electrons. The lowest BCUT2D eigenvalue weighted by atomic mass is 10.1. The first-order chi connectivity index (χ1) is 9.38. The lowest BCUT2D eigenvalue weighted by Crippen LogP contribution is -2.26. The molecule has 1 aromatic carbocycles. The van der Waals surface area contributed by atoms with Gasteiger partial charge in [0, 0.05) is 38.0 Å². The van der Waals surface area contributed by atoms with Crippen LogP contribution in [0.25, 0.3) is 0 Å². The van der Waals surface area contributed by atoms with E-state index in [1.807, 2.05) is 13.1 Å². The van der Waals surface area contributed by atoms with Gasteiger partial charge in [-0.2, -0.15) is 5.10 Å². The first-order valence-electron chi connectivity index (χ1n) is 6.08. The quantitative estimate of drug-likeness (QED) is 0.864. The van der Waals surface area contributed by atoms with Gasteiger partial charge in [-0.1, -0.05) is 0 Å². The summed E-state index contributed by atoms with van der Waals surface area (Å²) in [6.07, 6.45) is 1.82. The molecule has 4 nitrogen and oxygen atoms in total. The van der Waals surface area contributed by atoms with Crippen LogP contribution in [-0.4, -0.2) is 27.6 Å². The Bertz CT molecular complexity index is 652. The van der Waals surface area contributed by atoms with Crippen molar-refractivity contribution in [2.24, 2.45) is 7.05 Å². The number of carbonyl (C=O) groups excluding carboxylic acids is 1. The number of benzene rings is 1. The van der Waals surface area contributed by atoms with Crippen molar-refractivity contribution in [3.8, 4) is 0 Å². The van der Waals surface area contributed by atoms with Crippen LogP contribution in [0.1, 0.15) is 21.6 Å². The molecule has 0 bridgehead atoms.